The lowest BCUT2D eigenvalue weighted by atomic mass is 9.74. The van der Waals surface area contributed by atoms with Crippen molar-refractivity contribution in [2.24, 2.45) is 11.7 Å². The Kier molecular flexibility index (Phi) is 4.56. The first-order valence-electron chi connectivity index (χ1n) is 9.17. The van der Waals surface area contributed by atoms with Crippen LogP contribution in [-0.2, 0) is 14.9 Å². The molecule has 25 heavy (non-hydrogen) atoms. The van der Waals surface area contributed by atoms with Gasteiger partial charge in [-0.3, -0.25) is 4.79 Å². The third-order valence-corrected chi connectivity index (χ3v) is 5.88. The van der Waals surface area contributed by atoms with Crippen molar-refractivity contribution in [3.8, 4) is 11.5 Å². The minimum atomic E-state index is -0.115. The van der Waals surface area contributed by atoms with E-state index in [2.05, 4.69) is 17.4 Å². The van der Waals surface area contributed by atoms with Crippen LogP contribution in [0.25, 0.3) is 0 Å². The average molecular weight is 346 g/mol. The first-order chi connectivity index (χ1) is 12.2. The number of ether oxygens (including phenoxy) is 3. The smallest absolute Gasteiger partial charge is 0.231 e. The third-order valence-electron chi connectivity index (χ3n) is 5.88. The standard InChI is InChI=1S/C19H26N2O4/c20-15-3-1-13(9-15)18(22)21-11-19(5-7-23-8-6-19)14-2-4-16-17(10-14)25-12-24-16/h2,4,10,13,15H,1,3,5-9,11-12,20H2,(H,21,22). The van der Waals surface area contributed by atoms with E-state index in [0.717, 1.165) is 43.6 Å². The summed E-state index contributed by atoms with van der Waals surface area (Å²) >= 11 is 0. The minimum absolute atomic E-state index is 0.0589. The molecule has 1 aliphatic carbocycles. The van der Waals surface area contributed by atoms with Gasteiger partial charge < -0.3 is 25.3 Å². The summed E-state index contributed by atoms with van der Waals surface area (Å²) in [5.74, 6) is 1.77. The number of hydrogen-bond acceptors (Lipinski definition) is 5. The maximum atomic E-state index is 12.6. The van der Waals surface area contributed by atoms with Crippen molar-refractivity contribution in [2.45, 2.75) is 43.6 Å². The first-order valence-corrected chi connectivity index (χ1v) is 9.17. The molecule has 0 radical (unpaired) electrons. The molecule has 2 aliphatic heterocycles. The van der Waals surface area contributed by atoms with Crippen LogP contribution in [0.2, 0.25) is 0 Å². The molecule has 2 heterocycles. The summed E-state index contributed by atoms with van der Waals surface area (Å²) in [7, 11) is 0. The van der Waals surface area contributed by atoms with Gasteiger partial charge in [-0.2, -0.15) is 0 Å². The summed E-state index contributed by atoms with van der Waals surface area (Å²) in [5, 5.41) is 3.20. The summed E-state index contributed by atoms with van der Waals surface area (Å²) in [5.41, 5.74) is 7.02. The zero-order chi connectivity index (χ0) is 17.3. The SMILES string of the molecule is NC1CCC(C(=O)NCC2(c3ccc4c(c3)OCO4)CCOCC2)C1. The molecule has 0 spiro atoms. The van der Waals surface area contributed by atoms with Crippen LogP contribution in [0.3, 0.4) is 0 Å². The van der Waals surface area contributed by atoms with E-state index in [1.807, 2.05) is 6.07 Å². The summed E-state index contributed by atoms with van der Waals surface area (Å²) in [4.78, 5) is 12.6. The van der Waals surface area contributed by atoms with E-state index < -0.39 is 0 Å². The molecule has 6 heteroatoms. The predicted molar refractivity (Wildman–Crippen MR) is 92.6 cm³/mol. The normalized spacial score (nSPS) is 27.2. The number of nitrogens with one attached hydrogen (secondary N) is 1. The number of fused-ring (bicyclic) bond motifs is 1. The maximum Gasteiger partial charge on any atom is 0.231 e. The predicted octanol–water partition coefficient (Wildman–Crippen LogP) is 1.71. The highest BCUT2D eigenvalue weighted by molar-refractivity contribution is 5.79. The highest BCUT2D eigenvalue weighted by atomic mass is 16.7. The number of rotatable bonds is 4. The Morgan fingerprint density at radius 2 is 2.00 bits per heavy atom. The lowest BCUT2D eigenvalue weighted by Gasteiger charge is -2.38. The second-order valence-corrected chi connectivity index (χ2v) is 7.45. The van der Waals surface area contributed by atoms with Gasteiger partial charge >= 0.3 is 0 Å². The highest BCUT2D eigenvalue weighted by Gasteiger charge is 2.37. The largest absolute Gasteiger partial charge is 0.454 e. The summed E-state index contributed by atoms with van der Waals surface area (Å²) in [6.07, 6.45) is 4.41. The van der Waals surface area contributed by atoms with Crippen LogP contribution < -0.4 is 20.5 Å². The molecule has 1 aromatic rings. The van der Waals surface area contributed by atoms with E-state index in [9.17, 15) is 4.79 Å². The van der Waals surface area contributed by atoms with E-state index in [1.165, 1.54) is 5.56 Å². The van der Waals surface area contributed by atoms with Gasteiger partial charge in [0.1, 0.15) is 0 Å². The van der Waals surface area contributed by atoms with E-state index in [1.54, 1.807) is 0 Å². The van der Waals surface area contributed by atoms with Crippen molar-refractivity contribution in [1.82, 2.24) is 5.32 Å². The second kappa shape index (κ2) is 6.84. The van der Waals surface area contributed by atoms with Crippen molar-refractivity contribution >= 4 is 5.91 Å². The Morgan fingerprint density at radius 1 is 1.20 bits per heavy atom. The maximum absolute atomic E-state index is 12.6. The van der Waals surface area contributed by atoms with Crippen LogP contribution in [0, 0.1) is 5.92 Å². The Bertz CT molecular complexity index is 642. The van der Waals surface area contributed by atoms with Gasteiger partial charge in [0.15, 0.2) is 11.5 Å². The van der Waals surface area contributed by atoms with Gasteiger partial charge in [-0.05, 0) is 49.8 Å². The molecule has 2 unspecified atom stereocenters. The van der Waals surface area contributed by atoms with Crippen molar-refractivity contribution in [1.29, 1.82) is 0 Å². The summed E-state index contributed by atoms with van der Waals surface area (Å²) in [6, 6.07) is 6.29. The molecule has 0 aromatic heterocycles. The van der Waals surface area contributed by atoms with Gasteiger partial charge in [-0.25, -0.2) is 0 Å². The molecular weight excluding hydrogens is 320 g/mol. The minimum Gasteiger partial charge on any atom is -0.454 e. The van der Waals surface area contributed by atoms with Gasteiger partial charge in [0.05, 0.1) is 0 Å². The zero-order valence-electron chi connectivity index (χ0n) is 14.5. The van der Waals surface area contributed by atoms with Gasteiger partial charge in [-0.15, -0.1) is 0 Å². The summed E-state index contributed by atoms with van der Waals surface area (Å²) < 4.78 is 16.5. The van der Waals surface area contributed by atoms with Crippen LogP contribution in [0.5, 0.6) is 11.5 Å². The average Bonchev–Trinajstić information content (AvgIpc) is 3.28. The van der Waals surface area contributed by atoms with Crippen LogP contribution >= 0.6 is 0 Å². The van der Waals surface area contributed by atoms with E-state index >= 15 is 0 Å². The monoisotopic (exact) mass is 346 g/mol. The first kappa shape index (κ1) is 16.7. The van der Waals surface area contributed by atoms with Crippen molar-refractivity contribution < 1.29 is 19.0 Å². The third kappa shape index (κ3) is 3.33. The lowest BCUT2D eigenvalue weighted by Crippen LogP contribution is -2.45. The molecule has 0 bridgehead atoms. The molecule has 3 N–H and O–H groups in total. The van der Waals surface area contributed by atoms with Crippen molar-refractivity contribution in [3.05, 3.63) is 23.8 Å². The number of carbonyl (C=O) groups is 1. The van der Waals surface area contributed by atoms with E-state index in [0.29, 0.717) is 19.8 Å². The van der Waals surface area contributed by atoms with Gasteiger partial charge in [0.2, 0.25) is 12.7 Å². The fraction of sp³-hybridized carbons (Fsp3) is 0.632. The molecule has 3 aliphatic rings. The molecule has 2 atom stereocenters. The number of hydrogen-bond donors (Lipinski definition) is 2. The molecule has 1 saturated carbocycles. The molecule has 136 valence electrons. The quantitative estimate of drug-likeness (QED) is 0.867. The number of nitrogens with two attached hydrogens (primary N) is 1. The van der Waals surface area contributed by atoms with E-state index in [4.69, 9.17) is 19.9 Å². The Morgan fingerprint density at radius 3 is 2.76 bits per heavy atom. The zero-order valence-corrected chi connectivity index (χ0v) is 14.5. The number of amides is 1. The topological polar surface area (TPSA) is 82.8 Å². The Hall–Kier alpha value is -1.79. The Balaban J connectivity index is 1.50. The van der Waals surface area contributed by atoms with Crippen LogP contribution in [0.15, 0.2) is 18.2 Å². The van der Waals surface area contributed by atoms with Gasteiger partial charge in [-0.1, -0.05) is 6.07 Å². The van der Waals surface area contributed by atoms with Crippen LogP contribution in [0.4, 0.5) is 0 Å². The second-order valence-electron chi connectivity index (χ2n) is 7.45. The molecule has 4 rings (SSSR count). The number of benzene rings is 1. The molecule has 6 nitrogen and oxygen atoms in total. The van der Waals surface area contributed by atoms with Crippen molar-refractivity contribution in [2.75, 3.05) is 26.6 Å². The van der Waals surface area contributed by atoms with Gasteiger partial charge in [0.25, 0.3) is 0 Å². The molecule has 1 aromatic carbocycles. The fourth-order valence-electron chi connectivity index (χ4n) is 4.21. The van der Waals surface area contributed by atoms with E-state index in [-0.39, 0.29) is 30.1 Å². The summed E-state index contributed by atoms with van der Waals surface area (Å²) in [6.45, 7) is 2.31. The fourth-order valence-corrected chi connectivity index (χ4v) is 4.21. The molecule has 1 amide bonds. The molecule has 2 fully saturated rings. The van der Waals surface area contributed by atoms with Crippen molar-refractivity contribution in [3.63, 3.8) is 0 Å². The molecule has 1 saturated heterocycles. The number of carbonyl (C=O) groups excluding carboxylic acids is 1. The van der Waals surface area contributed by atoms with Crippen LogP contribution in [-0.4, -0.2) is 38.5 Å². The molecular formula is C19H26N2O4. The Labute approximate surface area is 148 Å². The van der Waals surface area contributed by atoms with Crippen LogP contribution in [0.1, 0.15) is 37.7 Å². The lowest BCUT2D eigenvalue weighted by molar-refractivity contribution is -0.125. The highest BCUT2D eigenvalue weighted by Crippen LogP contribution is 2.40. The van der Waals surface area contributed by atoms with Gasteiger partial charge in [0, 0.05) is 37.1 Å².